The van der Waals surface area contributed by atoms with Crippen LogP contribution in [0.1, 0.15) is 16.8 Å². The zero-order chi connectivity index (χ0) is 15.4. The maximum absolute atomic E-state index is 12.2. The largest absolute Gasteiger partial charge is 0.478 e. The van der Waals surface area contributed by atoms with Gasteiger partial charge in [0.05, 0.1) is 10.7 Å². The average molecular weight is 312 g/mol. The number of carboxylic acid groups (broad SMARTS) is 1. The van der Waals surface area contributed by atoms with Crippen LogP contribution in [0.5, 0.6) is 0 Å². The monoisotopic (exact) mass is 311 g/mol. The Balaban J connectivity index is 2.18. The van der Waals surface area contributed by atoms with Gasteiger partial charge < -0.3 is 20.6 Å². The molecule has 0 saturated carbocycles. The summed E-state index contributed by atoms with van der Waals surface area (Å²) in [5.41, 5.74) is -0.0727. The van der Waals surface area contributed by atoms with E-state index in [1.807, 2.05) is 0 Å². The van der Waals surface area contributed by atoms with Gasteiger partial charge in [-0.05, 0) is 18.6 Å². The first-order chi connectivity index (χ1) is 9.99. The fraction of sp³-hybridized carbons (Fsp3) is 0.308. The van der Waals surface area contributed by atoms with Gasteiger partial charge in [-0.1, -0.05) is 17.7 Å². The molecule has 1 heterocycles. The standard InChI is InChI=1S/C13H14ClN3O4/c14-8-3-1-4-9(11(8)12(19)20)16-13(21)17-6-2-5-15-10(18)7-17/h1,3-4H,2,5-7H2,(H,15,18)(H,16,21)(H,19,20). The number of halogens is 1. The van der Waals surface area contributed by atoms with Crippen LogP contribution in [0.25, 0.3) is 0 Å². The van der Waals surface area contributed by atoms with Crippen molar-refractivity contribution < 1.29 is 19.5 Å². The highest BCUT2D eigenvalue weighted by molar-refractivity contribution is 6.34. The van der Waals surface area contributed by atoms with Gasteiger partial charge in [0.2, 0.25) is 5.91 Å². The number of hydrogen-bond donors (Lipinski definition) is 3. The number of benzene rings is 1. The molecule has 1 saturated heterocycles. The van der Waals surface area contributed by atoms with E-state index < -0.39 is 12.0 Å². The molecular weight excluding hydrogens is 298 g/mol. The molecule has 1 fully saturated rings. The number of amides is 3. The summed E-state index contributed by atoms with van der Waals surface area (Å²) in [5, 5.41) is 14.3. The average Bonchev–Trinajstić information content (AvgIpc) is 2.63. The van der Waals surface area contributed by atoms with Crippen molar-refractivity contribution in [1.82, 2.24) is 10.2 Å². The Hall–Kier alpha value is -2.28. The van der Waals surface area contributed by atoms with Crippen LogP contribution in [-0.2, 0) is 4.79 Å². The summed E-state index contributed by atoms with van der Waals surface area (Å²) >= 11 is 5.83. The van der Waals surface area contributed by atoms with Crippen LogP contribution in [0.15, 0.2) is 18.2 Å². The third kappa shape index (κ3) is 3.63. The lowest BCUT2D eigenvalue weighted by molar-refractivity contribution is -0.120. The van der Waals surface area contributed by atoms with Crippen molar-refractivity contribution in [1.29, 1.82) is 0 Å². The number of anilines is 1. The van der Waals surface area contributed by atoms with Gasteiger partial charge in [0.1, 0.15) is 12.1 Å². The molecule has 0 aromatic heterocycles. The van der Waals surface area contributed by atoms with Gasteiger partial charge >= 0.3 is 12.0 Å². The summed E-state index contributed by atoms with van der Waals surface area (Å²) < 4.78 is 0. The fourth-order valence-electron chi connectivity index (χ4n) is 2.02. The van der Waals surface area contributed by atoms with Crippen LogP contribution < -0.4 is 10.6 Å². The number of carboxylic acids is 1. The van der Waals surface area contributed by atoms with Crippen LogP contribution >= 0.6 is 11.6 Å². The zero-order valence-electron chi connectivity index (χ0n) is 11.1. The lowest BCUT2D eigenvalue weighted by Crippen LogP contribution is -2.40. The minimum absolute atomic E-state index is 0.0360. The molecule has 1 aliphatic heterocycles. The Bertz CT molecular complexity index is 591. The third-order valence-corrected chi connectivity index (χ3v) is 3.33. The predicted octanol–water partition coefficient (Wildman–Crippen LogP) is 1.39. The van der Waals surface area contributed by atoms with Crippen LogP contribution in [0.4, 0.5) is 10.5 Å². The van der Waals surface area contributed by atoms with Crippen LogP contribution in [0.3, 0.4) is 0 Å². The van der Waals surface area contributed by atoms with Crippen molar-refractivity contribution in [2.75, 3.05) is 25.0 Å². The number of aromatic carboxylic acids is 1. The van der Waals surface area contributed by atoms with E-state index in [2.05, 4.69) is 10.6 Å². The summed E-state index contributed by atoms with van der Waals surface area (Å²) in [5.74, 6) is -1.48. The van der Waals surface area contributed by atoms with Crippen molar-refractivity contribution in [3.63, 3.8) is 0 Å². The molecular formula is C13H14ClN3O4. The number of nitrogens with one attached hydrogen (secondary N) is 2. The number of urea groups is 1. The number of carbonyl (C=O) groups is 3. The molecule has 0 bridgehead atoms. The van der Waals surface area contributed by atoms with E-state index in [1.165, 1.54) is 17.0 Å². The summed E-state index contributed by atoms with van der Waals surface area (Å²) in [7, 11) is 0. The maximum atomic E-state index is 12.2. The van der Waals surface area contributed by atoms with Crippen LogP contribution in [-0.4, -0.2) is 47.5 Å². The van der Waals surface area contributed by atoms with Gasteiger partial charge in [0.25, 0.3) is 0 Å². The second-order valence-electron chi connectivity index (χ2n) is 4.52. The van der Waals surface area contributed by atoms with Crippen molar-refractivity contribution in [2.24, 2.45) is 0 Å². The van der Waals surface area contributed by atoms with Crippen molar-refractivity contribution in [3.05, 3.63) is 28.8 Å². The topological polar surface area (TPSA) is 98.7 Å². The molecule has 8 heteroatoms. The van der Waals surface area contributed by atoms with E-state index in [4.69, 9.17) is 16.7 Å². The Morgan fingerprint density at radius 1 is 1.38 bits per heavy atom. The molecule has 1 aromatic carbocycles. The van der Waals surface area contributed by atoms with E-state index >= 15 is 0 Å². The molecule has 0 radical (unpaired) electrons. The third-order valence-electron chi connectivity index (χ3n) is 3.02. The minimum atomic E-state index is -1.23. The lowest BCUT2D eigenvalue weighted by atomic mass is 10.2. The summed E-state index contributed by atoms with van der Waals surface area (Å²) in [6.07, 6.45) is 0.639. The van der Waals surface area contributed by atoms with Crippen molar-refractivity contribution in [2.45, 2.75) is 6.42 Å². The van der Waals surface area contributed by atoms with Gasteiger partial charge in [0.15, 0.2) is 0 Å². The molecule has 2 rings (SSSR count). The van der Waals surface area contributed by atoms with Crippen LogP contribution in [0, 0.1) is 0 Å². The highest BCUT2D eigenvalue weighted by Gasteiger charge is 2.22. The Kier molecular flexibility index (Phi) is 4.64. The zero-order valence-corrected chi connectivity index (χ0v) is 11.8. The molecule has 0 aliphatic carbocycles. The number of hydrogen-bond acceptors (Lipinski definition) is 3. The van der Waals surface area contributed by atoms with Gasteiger partial charge in [-0.25, -0.2) is 9.59 Å². The smallest absolute Gasteiger partial charge is 0.339 e. The van der Waals surface area contributed by atoms with Crippen LogP contribution in [0.2, 0.25) is 5.02 Å². The molecule has 0 atom stereocenters. The molecule has 0 unspecified atom stereocenters. The summed E-state index contributed by atoms with van der Waals surface area (Å²) in [6, 6.07) is 3.89. The van der Waals surface area contributed by atoms with E-state index in [0.29, 0.717) is 19.5 Å². The SMILES string of the molecule is O=C1CN(C(=O)Nc2cccc(Cl)c2C(=O)O)CCCN1. The molecule has 112 valence electrons. The molecule has 1 aromatic rings. The normalized spacial score (nSPS) is 15.1. The van der Waals surface area contributed by atoms with Crippen molar-refractivity contribution in [3.8, 4) is 0 Å². The Labute approximate surface area is 125 Å². The van der Waals surface area contributed by atoms with E-state index in [9.17, 15) is 14.4 Å². The number of nitrogens with zero attached hydrogens (tertiary/aromatic N) is 1. The summed E-state index contributed by atoms with van der Waals surface area (Å²) in [6.45, 7) is 0.864. The quantitative estimate of drug-likeness (QED) is 0.768. The van der Waals surface area contributed by atoms with Gasteiger partial charge in [-0.3, -0.25) is 4.79 Å². The Morgan fingerprint density at radius 2 is 2.14 bits per heavy atom. The van der Waals surface area contributed by atoms with Gasteiger partial charge in [-0.15, -0.1) is 0 Å². The lowest BCUT2D eigenvalue weighted by Gasteiger charge is -2.20. The van der Waals surface area contributed by atoms with Gasteiger partial charge in [0, 0.05) is 13.1 Å². The molecule has 7 nitrogen and oxygen atoms in total. The molecule has 1 aliphatic rings. The van der Waals surface area contributed by atoms with E-state index in [-0.39, 0.29) is 28.7 Å². The molecule has 3 amide bonds. The van der Waals surface area contributed by atoms with E-state index in [1.54, 1.807) is 6.07 Å². The predicted molar refractivity (Wildman–Crippen MR) is 76.6 cm³/mol. The second-order valence-corrected chi connectivity index (χ2v) is 4.93. The number of rotatable bonds is 2. The highest BCUT2D eigenvalue weighted by atomic mass is 35.5. The van der Waals surface area contributed by atoms with E-state index in [0.717, 1.165) is 0 Å². The molecule has 0 spiro atoms. The first-order valence-corrected chi connectivity index (χ1v) is 6.71. The second kappa shape index (κ2) is 6.45. The Morgan fingerprint density at radius 3 is 2.86 bits per heavy atom. The first-order valence-electron chi connectivity index (χ1n) is 6.33. The highest BCUT2D eigenvalue weighted by Crippen LogP contribution is 2.24. The minimum Gasteiger partial charge on any atom is -0.478 e. The molecule has 3 N–H and O–H groups in total. The van der Waals surface area contributed by atoms with Gasteiger partial charge in [-0.2, -0.15) is 0 Å². The number of carbonyl (C=O) groups excluding carboxylic acids is 2. The molecule has 21 heavy (non-hydrogen) atoms. The fourth-order valence-corrected chi connectivity index (χ4v) is 2.27. The maximum Gasteiger partial charge on any atom is 0.339 e. The first kappa shape index (κ1) is 15.1. The summed E-state index contributed by atoms with van der Waals surface area (Å²) in [4.78, 5) is 36.1. The van der Waals surface area contributed by atoms with Crippen molar-refractivity contribution >= 4 is 35.2 Å².